The van der Waals surface area contributed by atoms with Gasteiger partial charge in [-0.3, -0.25) is 9.59 Å². The molecule has 132 valence electrons. The van der Waals surface area contributed by atoms with E-state index in [2.05, 4.69) is 5.32 Å². The fraction of sp³-hybridized carbons (Fsp3) is 0.222. The molecule has 0 aliphatic rings. The molecule has 25 heavy (non-hydrogen) atoms. The van der Waals surface area contributed by atoms with Gasteiger partial charge in [0.05, 0.1) is 23.4 Å². The predicted molar refractivity (Wildman–Crippen MR) is 99.8 cm³/mol. The molecule has 0 saturated carbocycles. The van der Waals surface area contributed by atoms with Gasteiger partial charge < -0.3 is 15.0 Å². The van der Waals surface area contributed by atoms with E-state index in [1.807, 2.05) is 0 Å². The molecule has 7 heteroatoms. The number of rotatable bonds is 6. The number of amides is 2. The van der Waals surface area contributed by atoms with E-state index in [4.69, 9.17) is 27.9 Å². The number of ether oxygens (including phenoxy) is 1. The summed E-state index contributed by atoms with van der Waals surface area (Å²) in [7, 11) is 1.50. The largest absolute Gasteiger partial charge is 0.496 e. The van der Waals surface area contributed by atoms with Crippen LogP contribution in [0.4, 0.5) is 5.69 Å². The van der Waals surface area contributed by atoms with Crippen LogP contribution in [0.1, 0.15) is 17.3 Å². The number of nitrogens with one attached hydrogen (secondary N) is 1. The molecule has 0 spiro atoms. The van der Waals surface area contributed by atoms with Crippen molar-refractivity contribution in [3.05, 3.63) is 58.1 Å². The molecule has 0 atom stereocenters. The van der Waals surface area contributed by atoms with Crippen molar-refractivity contribution in [2.45, 2.75) is 6.92 Å². The summed E-state index contributed by atoms with van der Waals surface area (Å²) in [5.74, 6) is 0.00941. The van der Waals surface area contributed by atoms with E-state index in [0.717, 1.165) is 0 Å². The number of halogens is 2. The molecule has 5 nitrogen and oxygen atoms in total. The van der Waals surface area contributed by atoms with Crippen LogP contribution in [0.15, 0.2) is 42.5 Å². The standard InChI is InChI=1S/C18H18Cl2N2O3/c1-12(23)22(16-11-13(19)7-8-15(16)20)10-9-21-18(24)14-5-3-4-6-17(14)25-2/h3-8,11H,9-10H2,1-2H3,(H,21,24). The summed E-state index contributed by atoms with van der Waals surface area (Å²) in [4.78, 5) is 25.7. The van der Waals surface area contributed by atoms with Gasteiger partial charge in [0.25, 0.3) is 5.91 Å². The number of hydrogen-bond acceptors (Lipinski definition) is 3. The van der Waals surface area contributed by atoms with Crippen LogP contribution in [0.25, 0.3) is 0 Å². The van der Waals surface area contributed by atoms with Crippen molar-refractivity contribution >= 4 is 40.7 Å². The lowest BCUT2D eigenvalue weighted by molar-refractivity contribution is -0.116. The van der Waals surface area contributed by atoms with Crippen molar-refractivity contribution in [2.24, 2.45) is 0 Å². The number of methoxy groups -OCH3 is 1. The molecule has 0 aliphatic carbocycles. The van der Waals surface area contributed by atoms with E-state index in [-0.39, 0.29) is 24.9 Å². The number of anilines is 1. The Bertz CT molecular complexity index is 781. The van der Waals surface area contributed by atoms with Crippen molar-refractivity contribution in [2.75, 3.05) is 25.1 Å². The molecule has 0 radical (unpaired) electrons. The Kier molecular flexibility index (Phi) is 6.67. The maximum Gasteiger partial charge on any atom is 0.255 e. The lowest BCUT2D eigenvalue weighted by Crippen LogP contribution is -2.37. The van der Waals surface area contributed by atoms with Crippen molar-refractivity contribution < 1.29 is 14.3 Å². The minimum Gasteiger partial charge on any atom is -0.496 e. The summed E-state index contributed by atoms with van der Waals surface area (Å²) in [6.07, 6.45) is 0. The Morgan fingerprint density at radius 3 is 2.56 bits per heavy atom. The number of benzene rings is 2. The average Bonchev–Trinajstić information content (AvgIpc) is 2.60. The van der Waals surface area contributed by atoms with Gasteiger partial charge in [-0.1, -0.05) is 35.3 Å². The van der Waals surface area contributed by atoms with Crippen LogP contribution >= 0.6 is 23.2 Å². The van der Waals surface area contributed by atoms with E-state index in [0.29, 0.717) is 27.0 Å². The summed E-state index contributed by atoms with van der Waals surface area (Å²) in [5, 5.41) is 3.66. The first-order chi connectivity index (χ1) is 11.9. The molecule has 0 bridgehead atoms. The topological polar surface area (TPSA) is 58.6 Å². The fourth-order valence-corrected chi connectivity index (χ4v) is 2.73. The lowest BCUT2D eigenvalue weighted by Gasteiger charge is -2.23. The minimum atomic E-state index is -0.279. The maximum absolute atomic E-state index is 12.3. The van der Waals surface area contributed by atoms with Gasteiger partial charge in [-0.15, -0.1) is 0 Å². The maximum atomic E-state index is 12.3. The SMILES string of the molecule is COc1ccccc1C(=O)NCCN(C(C)=O)c1cc(Cl)ccc1Cl. The number of carbonyl (C=O) groups is 2. The highest BCUT2D eigenvalue weighted by atomic mass is 35.5. The zero-order valence-corrected chi connectivity index (χ0v) is 15.4. The molecular formula is C18H18Cl2N2O3. The van der Waals surface area contributed by atoms with E-state index >= 15 is 0 Å². The third kappa shape index (κ3) is 4.87. The van der Waals surface area contributed by atoms with Crippen LogP contribution in [0.3, 0.4) is 0 Å². The van der Waals surface area contributed by atoms with Crippen molar-refractivity contribution in [3.63, 3.8) is 0 Å². The Hall–Kier alpha value is -2.24. The quantitative estimate of drug-likeness (QED) is 0.829. The number of para-hydroxylation sites is 1. The van der Waals surface area contributed by atoms with E-state index < -0.39 is 0 Å². The molecule has 0 unspecified atom stereocenters. The Morgan fingerprint density at radius 1 is 1.16 bits per heavy atom. The molecule has 0 aromatic heterocycles. The van der Waals surface area contributed by atoms with Gasteiger partial charge in [-0.05, 0) is 30.3 Å². The van der Waals surface area contributed by atoms with Gasteiger partial charge in [0, 0.05) is 25.0 Å². The summed E-state index contributed by atoms with van der Waals surface area (Å²) in [5.41, 5.74) is 0.938. The molecule has 2 rings (SSSR count). The smallest absolute Gasteiger partial charge is 0.255 e. The molecule has 0 fully saturated rings. The van der Waals surface area contributed by atoms with E-state index in [1.54, 1.807) is 42.5 Å². The first-order valence-electron chi connectivity index (χ1n) is 7.58. The van der Waals surface area contributed by atoms with E-state index in [1.165, 1.54) is 18.9 Å². The fourth-order valence-electron chi connectivity index (χ4n) is 2.35. The monoisotopic (exact) mass is 380 g/mol. The third-order valence-electron chi connectivity index (χ3n) is 3.55. The number of carbonyl (C=O) groups excluding carboxylic acids is 2. The van der Waals surface area contributed by atoms with Gasteiger partial charge in [0.1, 0.15) is 5.75 Å². The minimum absolute atomic E-state index is 0.198. The Balaban J connectivity index is 2.06. The predicted octanol–water partition coefficient (Wildman–Crippen LogP) is 3.78. The van der Waals surface area contributed by atoms with Crippen molar-refractivity contribution in [3.8, 4) is 5.75 Å². The molecular weight excluding hydrogens is 363 g/mol. The molecule has 0 saturated heterocycles. The second-order valence-electron chi connectivity index (χ2n) is 5.22. The van der Waals surface area contributed by atoms with Crippen LogP contribution in [0, 0.1) is 0 Å². The zero-order chi connectivity index (χ0) is 18.4. The normalized spacial score (nSPS) is 10.2. The lowest BCUT2D eigenvalue weighted by atomic mass is 10.2. The van der Waals surface area contributed by atoms with Crippen LogP contribution < -0.4 is 15.0 Å². The number of nitrogens with zero attached hydrogens (tertiary/aromatic N) is 1. The second-order valence-corrected chi connectivity index (χ2v) is 6.07. The van der Waals surface area contributed by atoms with Crippen LogP contribution in [0.5, 0.6) is 5.75 Å². The van der Waals surface area contributed by atoms with Crippen LogP contribution in [0.2, 0.25) is 10.0 Å². The summed E-state index contributed by atoms with van der Waals surface area (Å²) in [6.45, 7) is 1.94. The molecule has 2 aromatic rings. The molecule has 2 amide bonds. The van der Waals surface area contributed by atoms with Crippen molar-refractivity contribution in [1.82, 2.24) is 5.32 Å². The summed E-state index contributed by atoms with van der Waals surface area (Å²) < 4.78 is 5.17. The second kappa shape index (κ2) is 8.74. The van der Waals surface area contributed by atoms with Gasteiger partial charge >= 0.3 is 0 Å². The molecule has 2 aromatic carbocycles. The molecule has 0 heterocycles. The first-order valence-corrected chi connectivity index (χ1v) is 8.34. The highest BCUT2D eigenvalue weighted by Crippen LogP contribution is 2.29. The van der Waals surface area contributed by atoms with Gasteiger partial charge in [-0.2, -0.15) is 0 Å². The highest BCUT2D eigenvalue weighted by Gasteiger charge is 2.16. The summed E-state index contributed by atoms with van der Waals surface area (Å²) >= 11 is 12.1. The van der Waals surface area contributed by atoms with Crippen molar-refractivity contribution in [1.29, 1.82) is 0 Å². The number of hydrogen-bond donors (Lipinski definition) is 1. The Labute approximate surface area is 156 Å². The van der Waals surface area contributed by atoms with Crippen LogP contribution in [-0.4, -0.2) is 32.0 Å². The zero-order valence-electron chi connectivity index (χ0n) is 13.9. The average molecular weight is 381 g/mol. The van der Waals surface area contributed by atoms with E-state index in [9.17, 15) is 9.59 Å². The molecule has 1 N–H and O–H groups in total. The van der Waals surface area contributed by atoms with Gasteiger partial charge in [0.15, 0.2) is 0 Å². The van der Waals surface area contributed by atoms with Gasteiger partial charge in [0.2, 0.25) is 5.91 Å². The Morgan fingerprint density at radius 2 is 1.88 bits per heavy atom. The molecule has 0 aliphatic heterocycles. The first kappa shape index (κ1) is 19.1. The van der Waals surface area contributed by atoms with Crippen LogP contribution in [-0.2, 0) is 4.79 Å². The summed E-state index contributed by atoms with van der Waals surface area (Å²) in [6, 6.07) is 11.8. The highest BCUT2D eigenvalue weighted by molar-refractivity contribution is 6.35. The third-order valence-corrected chi connectivity index (χ3v) is 4.11. The van der Waals surface area contributed by atoms with Gasteiger partial charge in [-0.25, -0.2) is 0 Å².